The van der Waals surface area contributed by atoms with Crippen molar-refractivity contribution < 1.29 is 23.9 Å². The largest absolute Gasteiger partial charge is 0.494 e. The first kappa shape index (κ1) is 19.8. The number of nitro groups is 1. The first-order valence-electron chi connectivity index (χ1n) is 8.01. The molecule has 0 saturated carbocycles. The highest BCUT2D eigenvalue weighted by Gasteiger charge is 2.14. The van der Waals surface area contributed by atoms with Gasteiger partial charge in [-0.1, -0.05) is 12.1 Å². The van der Waals surface area contributed by atoms with Crippen molar-refractivity contribution in [2.45, 2.75) is 6.42 Å². The molecule has 0 aliphatic rings. The summed E-state index contributed by atoms with van der Waals surface area (Å²) in [5.41, 5.74) is 1.18. The highest BCUT2D eigenvalue weighted by molar-refractivity contribution is 5.93. The molecule has 2 aromatic rings. The van der Waals surface area contributed by atoms with Gasteiger partial charge in [0.1, 0.15) is 5.75 Å². The molecule has 0 unspecified atom stereocenters. The van der Waals surface area contributed by atoms with E-state index in [1.54, 1.807) is 12.1 Å². The number of nitrogens with one attached hydrogen (secondary N) is 1. The van der Waals surface area contributed by atoms with Crippen LogP contribution in [-0.2, 0) is 11.2 Å². The van der Waals surface area contributed by atoms with E-state index in [0.717, 1.165) is 5.56 Å². The Bertz CT molecular complexity index is 850. The van der Waals surface area contributed by atoms with Crippen molar-refractivity contribution in [3.8, 4) is 17.2 Å². The van der Waals surface area contributed by atoms with E-state index < -0.39 is 10.8 Å². The molecular formula is C19H20N2O6. The van der Waals surface area contributed by atoms with Crippen LogP contribution in [0.3, 0.4) is 0 Å². The first-order valence-corrected chi connectivity index (χ1v) is 8.01. The van der Waals surface area contributed by atoms with Crippen molar-refractivity contribution in [1.82, 2.24) is 0 Å². The molecule has 0 aliphatic heterocycles. The van der Waals surface area contributed by atoms with E-state index in [0.29, 0.717) is 23.6 Å². The normalized spacial score (nSPS) is 10.0. The number of methoxy groups -OCH3 is 2. The highest BCUT2D eigenvalue weighted by Crippen LogP contribution is 2.30. The molecule has 0 fully saturated rings. The van der Waals surface area contributed by atoms with E-state index in [2.05, 4.69) is 11.9 Å². The standard InChI is InChI=1S/C19H20N2O6/c1-4-5-13-6-9-16(18(10-13)26-3)27-12-19(22)20-15-8-7-14(21(23)24)11-17(15)25-2/h4,6-11H,1,5,12H2,2-3H3,(H,20,22). The van der Waals surface area contributed by atoms with Gasteiger partial charge < -0.3 is 19.5 Å². The SMILES string of the molecule is C=CCc1ccc(OCC(=O)Nc2ccc([N+](=O)[O-])cc2OC)c(OC)c1. The van der Waals surface area contributed by atoms with Gasteiger partial charge in [-0.2, -0.15) is 0 Å². The van der Waals surface area contributed by atoms with E-state index in [1.165, 1.54) is 32.4 Å². The predicted molar refractivity (Wildman–Crippen MR) is 101 cm³/mol. The lowest BCUT2D eigenvalue weighted by atomic mass is 10.1. The Morgan fingerprint density at radius 3 is 2.52 bits per heavy atom. The van der Waals surface area contributed by atoms with E-state index in [1.807, 2.05) is 12.1 Å². The summed E-state index contributed by atoms with van der Waals surface area (Å²) in [7, 11) is 2.88. The molecule has 27 heavy (non-hydrogen) atoms. The number of nitrogens with zero attached hydrogens (tertiary/aromatic N) is 1. The summed E-state index contributed by atoms with van der Waals surface area (Å²) in [5.74, 6) is 0.675. The second-order valence-corrected chi connectivity index (χ2v) is 5.46. The third-order valence-corrected chi connectivity index (χ3v) is 3.64. The number of benzene rings is 2. The number of amides is 1. The molecule has 0 heterocycles. The van der Waals surface area contributed by atoms with Crippen molar-refractivity contribution in [2.24, 2.45) is 0 Å². The Kier molecular flexibility index (Phi) is 6.76. The van der Waals surface area contributed by atoms with Crippen molar-refractivity contribution in [3.63, 3.8) is 0 Å². The number of carbonyl (C=O) groups excluding carboxylic acids is 1. The minimum atomic E-state index is -0.542. The molecular weight excluding hydrogens is 352 g/mol. The van der Waals surface area contributed by atoms with Gasteiger partial charge >= 0.3 is 0 Å². The molecule has 2 rings (SSSR count). The van der Waals surface area contributed by atoms with Gasteiger partial charge in [-0.3, -0.25) is 14.9 Å². The average molecular weight is 372 g/mol. The summed E-state index contributed by atoms with van der Waals surface area (Å²) in [6.07, 6.45) is 2.47. The minimum absolute atomic E-state index is 0.134. The number of non-ortho nitro benzene ring substituents is 1. The fraction of sp³-hybridized carbons (Fsp3) is 0.211. The fourth-order valence-corrected chi connectivity index (χ4v) is 2.35. The van der Waals surface area contributed by atoms with Crippen LogP contribution < -0.4 is 19.5 Å². The zero-order chi connectivity index (χ0) is 19.8. The molecule has 142 valence electrons. The number of allylic oxidation sites excluding steroid dienone is 1. The summed E-state index contributed by atoms with van der Waals surface area (Å²) in [4.78, 5) is 22.4. The number of hydrogen-bond donors (Lipinski definition) is 1. The molecule has 0 aromatic heterocycles. The molecule has 8 nitrogen and oxygen atoms in total. The Morgan fingerprint density at radius 2 is 1.89 bits per heavy atom. The van der Waals surface area contributed by atoms with Gasteiger partial charge in [0.15, 0.2) is 18.1 Å². The lowest BCUT2D eigenvalue weighted by molar-refractivity contribution is -0.384. The van der Waals surface area contributed by atoms with Crippen LogP contribution in [0.4, 0.5) is 11.4 Å². The van der Waals surface area contributed by atoms with Crippen molar-refractivity contribution >= 4 is 17.3 Å². The van der Waals surface area contributed by atoms with Crippen molar-refractivity contribution in [3.05, 3.63) is 64.7 Å². The van der Waals surface area contributed by atoms with E-state index in [-0.39, 0.29) is 18.0 Å². The van der Waals surface area contributed by atoms with Gasteiger partial charge in [0, 0.05) is 6.07 Å². The monoisotopic (exact) mass is 372 g/mol. The molecule has 0 saturated heterocycles. The predicted octanol–water partition coefficient (Wildman–Crippen LogP) is 3.36. The van der Waals surface area contributed by atoms with E-state index in [4.69, 9.17) is 14.2 Å². The quantitative estimate of drug-likeness (QED) is 0.412. The van der Waals surface area contributed by atoms with Crippen LogP contribution in [-0.4, -0.2) is 31.7 Å². The van der Waals surface area contributed by atoms with Crippen LogP contribution in [0, 0.1) is 10.1 Å². The highest BCUT2D eigenvalue weighted by atomic mass is 16.6. The van der Waals surface area contributed by atoms with Crippen LogP contribution in [0.25, 0.3) is 0 Å². The van der Waals surface area contributed by atoms with E-state index in [9.17, 15) is 14.9 Å². The third-order valence-electron chi connectivity index (χ3n) is 3.64. The van der Waals surface area contributed by atoms with Crippen molar-refractivity contribution in [1.29, 1.82) is 0 Å². The lowest BCUT2D eigenvalue weighted by Gasteiger charge is -2.13. The van der Waals surface area contributed by atoms with Gasteiger partial charge in [-0.25, -0.2) is 0 Å². The molecule has 8 heteroatoms. The van der Waals surface area contributed by atoms with Crippen LogP contribution >= 0.6 is 0 Å². The second-order valence-electron chi connectivity index (χ2n) is 5.46. The Hall–Kier alpha value is -3.55. The van der Waals surface area contributed by atoms with Gasteiger partial charge in [0.2, 0.25) is 0 Å². The Morgan fingerprint density at radius 1 is 1.15 bits per heavy atom. The molecule has 0 bridgehead atoms. The number of rotatable bonds is 9. The van der Waals surface area contributed by atoms with Gasteiger partial charge in [0.05, 0.1) is 30.9 Å². The van der Waals surface area contributed by atoms with E-state index >= 15 is 0 Å². The van der Waals surface area contributed by atoms with Gasteiger partial charge in [-0.15, -0.1) is 6.58 Å². The second kappa shape index (κ2) is 9.23. The van der Waals surface area contributed by atoms with Crippen LogP contribution in [0.15, 0.2) is 49.1 Å². The Labute approximate surface area is 156 Å². The van der Waals surface area contributed by atoms with Crippen molar-refractivity contribution in [2.75, 3.05) is 26.1 Å². The molecule has 1 amide bonds. The third kappa shape index (κ3) is 5.21. The van der Waals surface area contributed by atoms with Crippen LogP contribution in [0.2, 0.25) is 0 Å². The average Bonchev–Trinajstić information content (AvgIpc) is 2.67. The number of nitro benzene ring substituents is 1. The zero-order valence-electron chi connectivity index (χ0n) is 15.1. The number of carbonyl (C=O) groups is 1. The number of anilines is 1. The maximum atomic E-state index is 12.2. The lowest BCUT2D eigenvalue weighted by Crippen LogP contribution is -2.20. The van der Waals surface area contributed by atoms with Gasteiger partial charge in [0.25, 0.3) is 11.6 Å². The molecule has 2 aromatic carbocycles. The minimum Gasteiger partial charge on any atom is -0.494 e. The summed E-state index contributed by atoms with van der Waals surface area (Å²) in [6.45, 7) is 3.42. The Balaban J connectivity index is 2.04. The topological polar surface area (TPSA) is 99.9 Å². The molecule has 0 aliphatic carbocycles. The summed E-state index contributed by atoms with van der Waals surface area (Å²) < 4.78 is 15.9. The maximum absolute atomic E-state index is 12.2. The molecule has 0 spiro atoms. The molecule has 1 N–H and O–H groups in total. The molecule has 0 radical (unpaired) electrons. The first-order chi connectivity index (χ1) is 13.0. The molecule has 0 atom stereocenters. The summed E-state index contributed by atoms with van der Waals surface area (Å²) >= 11 is 0. The zero-order valence-corrected chi connectivity index (χ0v) is 15.1. The van der Waals surface area contributed by atoms with Crippen LogP contribution in [0.1, 0.15) is 5.56 Å². The maximum Gasteiger partial charge on any atom is 0.273 e. The summed E-state index contributed by atoms with van der Waals surface area (Å²) in [5, 5.41) is 13.4. The number of ether oxygens (including phenoxy) is 3. The number of hydrogen-bond acceptors (Lipinski definition) is 6. The van der Waals surface area contributed by atoms with Crippen LogP contribution in [0.5, 0.6) is 17.2 Å². The smallest absolute Gasteiger partial charge is 0.273 e. The van der Waals surface area contributed by atoms with Gasteiger partial charge in [-0.05, 0) is 30.2 Å². The fourth-order valence-electron chi connectivity index (χ4n) is 2.35. The summed E-state index contributed by atoms with van der Waals surface area (Å²) in [6, 6.07) is 9.31.